The normalized spacial score (nSPS) is 22.9. The van der Waals surface area contributed by atoms with E-state index in [1.165, 1.54) is 0 Å². The Morgan fingerprint density at radius 2 is 2.07 bits per heavy atom. The molecule has 0 aromatic heterocycles. The van der Waals surface area contributed by atoms with Gasteiger partial charge >= 0.3 is 0 Å². The molecule has 15 heavy (non-hydrogen) atoms. The van der Waals surface area contributed by atoms with Gasteiger partial charge in [0, 0.05) is 11.7 Å². The van der Waals surface area contributed by atoms with Crippen LogP contribution in [0.1, 0.15) is 12.0 Å². The molecule has 1 saturated carbocycles. The molecular formula is C11H11N3O. The molecule has 2 atom stereocenters. The van der Waals surface area contributed by atoms with E-state index < -0.39 is 0 Å². The average molecular weight is 201 g/mol. The molecule has 2 rings (SSSR count). The number of carbonyl (C=O) groups excluding carboxylic acids is 1. The van der Waals surface area contributed by atoms with Crippen molar-refractivity contribution < 1.29 is 4.79 Å². The summed E-state index contributed by atoms with van der Waals surface area (Å²) >= 11 is 0. The first-order valence-corrected chi connectivity index (χ1v) is 4.77. The summed E-state index contributed by atoms with van der Waals surface area (Å²) in [6, 6.07) is 8.80. The number of nitrogens with one attached hydrogen (secondary N) is 1. The van der Waals surface area contributed by atoms with Crippen molar-refractivity contribution in [1.29, 1.82) is 5.26 Å². The molecule has 1 aliphatic rings. The Morgan fingerprint density at radius 3 is 2.53 bits per heavy atom. The summed E-state index contributed by atoms with van der Waals surface area (Å²) in [5.41, 5.74) is 6.85. The highest BCUT2D eigenvalue weighted by molar-refractivity contribution is 5.94. The van der Waals surface area contributed by atoms with E-state index >= 15 is 0 Å². The van der Waals surface area contributed by atoms with Crippen LogP contribution in [0.2, 0.25) is 0 Å². The first-order chi connectivity index (χ1) is 7.20. The van der Waals surface area contributed by atoms with Crippen LogP contribution in [-0.4, -0.2) is 11.9 Å². The second-order valence-electron chi connectivity index (χ2n) is 3.68. The number of amides is 1. The van der Waals surface area contributed by atoms with E-state index in [2.05, 4.69) is 5.32 Å². The number of rotatable bonds is 2. The molecular weight excluding hydrogens is 190 g/mol. The lowest BCUT2D eigenvalue weighted by atomic mass is 10.2. The van der Waals surface area contributed by atoms with Gasteiger partial charge in [-0.3, -0.25) is 4.79 Å². The SMILES string of the molecule is N#Cc1ccc(NC(=O)C2CC2N)cc1. The van der Waals surface area contributed by atoms with Crippen molar-refractivity contribution in [1.82, 2.24) is 0 Å². The summed E-state index contributed by atoms with van der Waals surface area (Å²) in [5.74, 6) is -0.0761. The summed E-state index contributed by atoms with van der Waals surface area (Å²) in [4.78, 5) is 11.5. The fourth-order valence-electron chi connectivity index (χ4n) is 1.38. The van der Waals surface area contributed by atoms with E-state index in [1.54, 1.807) is 24.3 Å². The third kappa shape index (κ3) is 2.14. The van der Waals surface area contributed by atoms with Gasteiger partial charge in [-0.25, -0.2) is 0 Å². The number of benzene rings is 1. The van der Waals surface area contributed by atoms with E-state index in [-0.39, 0.29) is 17.9 Å². The van der Waals surface area contributed by atoms with Crippen molar-refractivity contribution in [2.24, 2.45) is 11.7 Å². The van der Waals surface area contributed by atoms with Gasteiger partial charge in [-0.1, -0.05) is 0 Å². The largest absolute Gasteiger partial charge is 0.327 e. The van der Waals surface area contributed by atoms with E-state index in [1.807, 2.05) is 6.07 Å². The Balaban J connectivity index is 1.99. The summed E-state index contributed by atoms with van der Waals surface area (Å²) in [6.07, 6.45) is 0.766. The number of nitrogens with two attached hydrogens (primary N) is 1. The van der Waals surface area contributed by atoms with Crippen molar-refractivity contribution >= 4 is 11.6 Å². The number of carbonyl (C=O) groups is 1. The van der Waals surface area contributed by atoms with Crippen LogP contribution in [0.5, 0.6) is 0 Å². The number of hydrogen-bond acceptors (Lipinski definition) is 3. The molecule has 0 spiro atoms. The van der Waals surface area contributed by atoms with Crippen molar-refractivity contribution in [2.45, 2.75) is 12.5 Å². The van der Waals surface area contributed by atoms with Crippen molar-refractivity contribution in [3.8, 4) is 6.07 Å². The summed E-state index contributed by atoms with van der Waals surface area (Å²) in [5, 5.41) is 11.3. The zero-order valence-corrected chi connectivity index (χ0v) is 8.10. The molecule has 2 unspecified atom stereocenters. The Morgan fingerprint density at radius 1 is 1.47 bits per heavy atom. The minimum atomic E-state index is -0.0411. The van der Waals surface area contributed by atoms with E-state index in [4.69, 9.17) is 11.0 Å². The molecule has 0 bridgehead atoms. The maximum Gasteiger partial charge on any atom is 0.229 e. The maximum atomic E-state index is 11.5. The maximum absolute atomic E-state index is 11.5. The van der Waals surface area contributed by atoms with Crippen LogP contribution < -0.4 is 11.1 Å². The molecule has 1 amide bonds. The van der Waals surface area contributed by atoms with Gasteiger partial charge in [-0.2, -0.15) is 5.26 Å². The lowest BCUT2D eigenvalue weighted by molar-refractivity contribution is -0.117. The van der Waals surface area contributed by atoms with Gasteiger partial charge in [-0.15, -0.1) is 0 Å². The number of anilines is 1. The van der Waals surface area contributed by atoms with Crippen LogP contribution in [0.4, 0.5) is 5.69 Å². The van der Waals surface area contributed by atoms with Crippen LogP contribution in [0.15, 0.2) is 24.3 Å². The number of nitriles is 1. The van der Waals surface area contributed by atoms with E-state index in [0.717, 1.165) is 6.42 Å². The molecule has 0 radical (unpaired) electrons. The molecule has 3 N–H and O–H groups in total. The smallest absolute Gasteiger partial charge is 0.229 e. The third-order valence-electron chi connectivity index (χ3n) is 2.46. The van der Waals surface area contributed by atoms with Crippen LogP contribution >= 0.6 is 0 Å². The molecule has 0 aliphatic heterocycles. The molecule has 76 valence electrons. The van der Waals surface area contributed by atoms with Gasteiger partial charge in [0.15, 0.2) is 0 Å². The molecule has 0 saturated heterocycles. The van der Waals surface area contributed by atoms with Crippen LogP contribution in [0, 0.1) is 17.2 Å². The average Bonchev–Trinajstić information content (AvgIpc) is 2.97. The Bertz CT molecular complexity index is 418. The fraction of sp³-hybridized carbons (Fsp3) is 0.273. The van der Waals surface area contributed by atoms with E-state index in [0.29, 0.717) is 11.3 Å². The van der Waals surface area contributed by atoms with Gasteiger partial charge in [0.2, 0.25) is 5.91 Å². The Hall–Kier alpha value is -1.86. The van der Waals surface area contributed by atoms with Gasteiger partial charge in [0.1, 0.15) is 0 Å². The molecule has 4 nitrogen and oxygen atoms in total. The first kappa shape index (κ1) is 9.69. The quantitative estimate of drug-likeness (QED) is 0.744. The van der Waals surface area contributed by atoms with Gasteiger partial charge in [0.25, 0.3) is 0 Å². The van der Waals surface area contributed by atoms with Crippen LogP contribution in [0.3, 0.4) is 0 Å². The Labute approximate surface area is 87.7 Å². The standard InChI is InChI=1S/C11H11N3O/c12-6-7-1-3-8(4-2-7)14-11(15)9-5-10(9)13/h1-4,9-10H,5,13H2,(H,14,15). The van der Waals surface area contributed by atoms with Gasteiger partial charge in [-0.05, 0) is 30.7 Å². The number of nitrogens with zero attached hydrogens (tertiary/aromatic N) is 1. The van der Waals surface area contributed by atoms with Gasteiger partial charge in [0.05, 0.1) is 17.6 Å². The third-order valence-corrected chi connectivity index (χ3v) is 2.46. The van der Waals surface area contributed by atoms with Crippen molar-refractivity contribution in [3.05, 3.63) is 29.8 Å². The zero-order valence-electron chi connectivity index (χ0n) is 8.10. The molecule has 1 aliphatic carbocycles. The predicted octanol–water partition coefficient (Wildman–Crippen LogP) is 0.844. The second kappa shape index (κ2) is 3.71. The summed E-state index contributed by atoms with van der Waals surface area (Å²) in [6.45, 7) is 0. The summed E-state index contributed by atoms with van der Waals surface area (Å²) < 4.78 is 0. The first-order valence-electron chi connectivity index (χ1n) is 4.77. The predicted molar refractivity (Wildman–Crippen MR) is 55.9 cm³/mol. The monoisotopic (exact) mass is 201 g/mol. The van der Waals surface area contributed by atoms with Crippen LogP contribution in [-0.2, 0) is 4.79 Å². The van der Waals surface area contributed by atoms with Crippen molar-refractivity contribution in [3.63, 3.8) is 0 Å². The van der Waals surface area contributed by atoms with E-state index in [9.17, 15) is 4.79 Å². The lowest BCUT2D eigenvalue weighted by Gasteiger charge is -2.03. The molecule has 0 heterocycles. The minimum Gasteiger partial charge on any atom is -0.327 e. The molecule has 1 aromatic carbocycles. The zero-order chi connectivity index (χ0) is 10.8. The highest BCUT2D eigenvalue weighted by Crippen LogP contribution is 2.29. The Kier molecular flexibility index (Phi) is 2.40. The van der Waals surface area contributed by atoms with Crippen LogP contribution in [0.25, 0.3) is 0 Å². The minimum absolute atomic E-state index is 0.0170. The van der Waals surface area contributed by atoms with Crippen molar-refractivity contribution in [2.75, 3.05) is 5.32 Å². The topological polar surface area (TPSA) is 78.9 Å². The molecule has 1 aromatic rings. The fourth-order valence-corrected chi connectivity index (χ4v) is 1.38. The second-order valence-corrected chi connectivity index (χ2v) is 3.68. The summed E-state index contributed by atoms with van der Waals surface area (Å²) in [7, 11) is 0. The molecule has 1 fully saturated rings. The highest BCUT2D eigenvalue weighted by Gasteiger charge is 2.39. The highest BCUT2D eigenvalue weighted by atomic mass is 16.2. The molecule has 4 heteroatoms. The lowest BCUT2D eigenvalue weighted by Crippen LogP contribution is -2.18. The van der Waals surface area contributed by atoms with Gasteiger partial charge < -0.3 is 11.1 Å². The number of hydrogen-bond donors (Lipinski definition) is 2.